The fourth-order valence-corrected chi connectivity index (χ4v) is 3.67. The Morgan fingerprint density at radius 2 is 1.81 bits per heavy atom. The summed E-state index contributed by atoms with van der Waals surface area (Å²) in [7, 11) is 1.50. The van der Waals surface area contributed by atoms with Gasteiger partial charge in [0, 0.05) is 26.2 Å². The molecule has 1 fully saturated rings. The number of benzene rings is 1. The molecular weight excluding hydrogens is 403 g/mol. The van der Waals surface area contributed by atoms with Crippen molar-refractivity contribution in [2.45, 2.75) is 33.6 Å². The van der Waals surface area contributed by atoms with Crippen LogP contribution in [0, 0.1) is 25.6 Å². The molecule has 0 unspecified atom stereocenters. The van der Waals surface area contributed by atoms with Crippen LogP contribution in [-0.4, -0.2) is 70.8 Å². The smallest absolute Gasteiger partial charge is 0.309 e. The average Bonchev–Trinajstić information content (AvgIpc) is 2.74. The van der Waals surface area contributed by atoms with Crippen LogP contribution in [0.5, 0.6) is 0 Å². The Balaban J connectivity index is 1.69. The number of rotatable bonds is 5. The number of carbonyl (C=O) groups excluding carboxylic acids is 3. The first kappa shape index (κ1) is 22.6. The molecule has 166 valence electrons. The molecule has 8 nitrogen and oxygen atoms in total. The Morgan fingerprint density at radius 1 is 1.16 bits per heavy atom. The number of esters is 1. The van der Waals surface area contributed by atoms with E-state index in [1.165, 1.54) is 18.0 Å². The molecule has 31 heavy (non-hydrogen) atoms. The minimum Gasteiger partial charge on any atom is -0.466 e. The van der Waals surface area contributed by atoms with E-state index in [0.29, 0.717) is 55.0 Å². The van der Waals surface area contributed by atoms with E-state index in [1.54, 1.807) is 25.7 Å². The van der Waals surface area contributed by atoms with Crippen molar-refractivity contribution < 1.29 is 23.5 Å². The van der Waals surface area contributed by atoms with Gasteiger partial charge in [-0.05, 0) is 39.7 Å². The zero-order chi connectivity index (χ0) is 22.7. The minimum absolute atomic E-state index is 0.0712. The summed E-state index contributed by atoms with van der Waals surface area (Å²) in [5.74, 6) is -1.75. The summed E-state index contributed by atoms with van der Waals surface area (Å²) in [6, 6.07) is 2.37. The second kappa shape index (κ2) is 9.36. The van der Waals surface area contributed by atoms with Crippen LogP contribution in [0.25, 0.3) is 11.0 Å². The van der Waals surface area contributed by atoms with Gasteiger partial charge >= 0.3 is 5.97 Å². The SMILES string of the molecule is CCOC(=O)C1CCN(C(=O)CN(C)C(=O)c2cc(F)cc3nc(C)c(C)nc23)CC1. The van der Waals surface area contributed by atoms with Gasteiger partial charge < -0.3 is 14.5 Å². The highest BCUT2D eigenvalue weighted by Gasteiger charge is 2.29. The molecule has 0 radical (unpaired) electrons. The number of amides is 2. The van der Waals surface area contributed by atoms with Gasteiger partial charge in [0.15, 0.2) is 0 Å². The van der Waals surface area contributed by atoms with E-state index in [0.717, 1.165) is 6.07 Å². The van der Waals surface area contributed by atoms with Crippen molar-refractivity contribution in [2.24, 2.45) is 5.92 Å². The Morgan fingerprint density at radius 3 is 2.45 bits per heavy atom. The number of likely N-dealkylation sites (N-methyl/N-ethyl adjacent to an activating group) is 1. The Hall–Kier alpha value is -3.10. The molecule has 0 saturated carbocycles. The van der Waals surface area contributed by atoms with Crippen molar-refractivity contribution in [3.05, 3.63) is 34.9 Å². The first-order valence-electron chi connectivity index (χ1n) is 10.4. The predicted octanol–water partition coefficient (Wildman–Crippen LogP) is 2.26. The lowest BCUT2D eigenvalue weighted by Crippen LogP contribution is -2.45. The van der Waals surface area contributed by atoms with Crippen LogP contribution in [0.1, 0.15) is 41.5 Å². The fraction of sp³-hybridized carbons (Fsp3) is 0.500. The Labute approximate surface area is 180 Å². The van der Waals surface area contributed by atoms with E-state index in [2.05, 4.69) is 9.97 Å². The van der Waals surface area contributed by atoms with Crippen LogP contribution in [0.15, 0.2) is 12.1 Å². The van der Waals surface area contributed by atoms with Crippen LogP contribution in [-0.2, 0) is 14.3 Å². The second-order valence-electron chi connectivity index (χ2n) is 7.78. The van der Waals surface area contributed by atoms with Gasteiger partial charge in [-0.3, -0.25) is 14.4 Å². The lowest BCUT2D eigenvalue weighted by Gasteiger charge is -2.32. The van der Waals surface area contributed by atoms with Gasteiger partial charge in [-0.15, -0.1) is 0 Å². The Kier molecular flexibility index (Phi) is 6.82. The highest BCUT2D eigenvalue weighted by atomic mass is 19.1. The van der Waals surface area contributed by atoms with Crippen LogP contribution in [0.4, 0.5) is 4.39 Å². The third-order valence-corrected chi connectivity index (χ3v) is 5.56. The number of piperidine rings is 1. The number of nitrogens with zero attached hydrogens (tertiary/aromatic N) is 4. The molecule has 0 spiro atoms. The van der Waals surface area contributed by atoms with E-state index < -0.39 is 11.7 Å². The summed E-state index contributed by atoms with van der Waals surface area (Å²) < 4.78 is 19.2. The number of hydrogen-bond donors (Lipinski definition) is 0. The molecule has 0 atom stereocenters. The summed E-state index contributed by atoms with van der Waals surface area (Å²) >= 11 is 0. The third kappa shape index (κ3) is 4.98. The number of aromatic nitrogens is 2. The summed E-state index contributed by atoms with van der Waals surface area (Å²) in [6.45, 7) is 6.34. The third-order valence-electron chi connectivity index (χ3n) is 5.56. The van der Waals surface area contributed by atoms with E-state index in [4.69, 9.17) is 4.74 Å². The molecular formula is C22H27FN4O4. The van der Waals surface area contributed by atoms with Gasteiger partial charge in [-0.2, -0.15) is 0 Å². The van der Waals surface area contributed by atoms with Gasteiger partial charge in [0.1, 0.15) is 11.3 Å². The number of fused-ring (bicyclic) bond motifs is 1. The first-order chi connectivity index (χ1) is 14.7. The highest BCUT2D eigenvalue weighted by Crippen LogP contribution is 2.22. The van der Waals surface area contributed by atoms with Crippen molar-refractivity contribution in [1.29, 1.82) is 0 Å². The largest absolute Gasteiger partial charge is 0.466 e. The maximum atomic E-state index is 14.1. The highest BCUT2D eigenvalue weighted by molar-refractivity contribution is 6.05. The molecule has 1 aliphatic rings. The average molecular weight is 430 g/mol. The van der Waals surface area contributed by atoms with E-state index in [-0.39, 0.29) is 29.9 Å². The number of aryl methyl sites for hydroxylation is 2. The van der Waals surface area contributed by atoms with E-state index in [9.17, 15) is 18.8 Å². The van der Waals surface area contributed by atoms with E-state index in [1.807, 2.05) is 0 Å². The summed E-state index contributed by atoms with van der Waals surface area (Å²) in [6.07, 6.45) is 1.07. The summed E-state index contributed by atoms with van der Waals surface area (Å²) in [5, 5.41) is 0. The monoisotopic (exact) mass is 430 g/mol. The first-order valence-corrected chi connectivity index (χ1v) is 10.4. The number of ether oxygens (including phenoxy) is 1. The van der Waals surface area contributed by atoms with Crippen LogP contribution >= 0.6 is 0 Å². The zero-order valence-corrected chi connectivity index (χ0v) is 18.3. The van der Waals surface area contributed by atoms with Gasteiger partial charge in [0.25, 0.3) is 5.91 Å². The van der Waals surface area contributed by atoms with Crippen molar-refractivity contribution in [3.8, 4) is 0 Å². The predicted molar refractivity (Wildman–Crippen MR) is 112 cm³/mol. The molecule has 0 N–H and O–H groups in total. The molecule has 2 heterocycles. The van der Waals surface area contributed by atoms with Crippen molar-refractivity contribution >= 4 is 28.8 Å². The van der Waals surface area contributed by atoms with Crippen LogP contribution < -0.4 is 0 Å². The number of likely N-dealkylation sites (tertiary alicyclic amines) is 1. The minimum atomic E-state index is -0.589. The van der Waals surface area contributed by atoms with Crippen LogP contribution in [0.2, 0.25) is 0 Å². The maximum absolute atomic E-state index is 14.1. The van der Waals surface area contributed by atoms with Crippen molar-refractivity contribution in [1.82, 2.24) is 19.8 Å². The maximum Gasteiger partial charge on any atom is 0.309 e. The molecule has 9 heteroatoms. The normalized spacial score (nSPS) is 14.5. The van der Waals surface area contributed by atoms with Gasteiger partial charge in [-0.25, -0.2) is 14.4 Å². The van der Waals surface area contributed by atoms with E-state index >= 15 is 0 Å². The Bertz CT molecular complexity index is 1020. The summed E-state index contributed by atoms with van der Waals surface area (Å²) in [4.78, 5) is 49.2. The lowest BCUT2D eigenvalue weighted by atomic mass is 9.97. The molecule has 0 aliphatic carbocycles. The van der Waals surface area contributed by atoms with Gasteiger partial charge in [-0.1, -0.05) is 0 Å². The topological polar surface area (TPSA) is 92.7 Å². The van der Waals surface area contributed by atoms with Gasteiger partial charge in [0.2, 0.25) is 5.91 Å². The molecule has 1 saturated heterocycles. The lowest BCUT2D eigenvalue weighted by molar-refractivity contribution is -0.151. The molecule has 1 aromatic heterocycles. The number of halogens is 1. The summed E-state index contributed by atoms with van der Waals surface area (Å²) in [5.41, 5.74) is 1.99. The second-order valence-corrected chi connectivity index (χ2v) is 7.78. The number of hydrogen-bond acceptors (Lipinski definition) is 6. The molecule has 3 rings (SSSR count). The van der Waals surface area contributed by atoms with Crippen molar-refractivity contribution in [3.63, 3.8) is 0 Å². The fourth-order valence-electron chi connectivity index (χ4n) is 3.67. The molecule has 2 amide bonds. The molecule has 0 bridgehead atoms. The van der Waals surface area contributed by atoms with Crippen LogP contribution in [0.3, 0.4) is 0 Å². The van der Waals surface area contributed by atoms with Gasteiger partial charge in [0.05, 0.1) is 41.5 Å². The molecule has 2 aromatic rings. The molecule has 1 aromatic carbocycles. The van der Waals surface area contributed by atoms with Crippen molar-refractivity contribution in [2.75, 3.05) is 33.3 Å². The zero-order valence-electron chi connectivity index (χ0n) is 18.3. The number of carbonyl (C=O) groups is 3. The molecule has 1 aliphatic heterocycles. The quantitative estimate of drug-likeness (QED) is 0.676. The standard InChI is InChI=1S/C22H27FN4O4/c1-5-31-22(30)15-6-8-27(9-7-15)19(28)12-26(4)21(29)17-10-16(23)11-18-20(17)25-14(3)13(2)24-18/h10-11,15H,5-9,12H2,1-4H3.